The Labute approximate surface area is 92.4 Å². The number of hydrogen-bond acceptors (Lipinski definition) is 4. The summed E-state index contributed by atoms with van der Waals surface area (Å²) in [6.45, 7) is 0.997. The highest BCUT2D eigenvalue weighted by molar-refractivity contribution is 8.11. The zero-order chi connectivity index (χ0) is 10.9. The van der Waals surface area contributed by atoms with Gasteiger partial charge in [-0.3, -0.25) is 4.68 Å². The standard InChI is InChI=1S/C7H11ClN4O2S/c8-15(13,14)12-4-1-2-7(12)6-11-5-3-9-10-11/h3,5,7H,1-2,4,6H2/t7-/m0/s1. The summed E-state index contributed by atoms with van der Waals surface area (Å²) in [5, 5.41) is 7.46. The molecule has 2 heterocycles. The first kappa shape index (κ1) is 10.8. The average Bonchev–Trinajstić information content (AvgIpc) is 2.73. The van der Waals surface area contributed by atoms with Crippen molar-refractivity contribution < 1.29 is 8.42 Å². The van der Waals surface area contributed by atoms with E-state index in [4.69, 9.17) is 10.7 Å². The number of hydrogen-bond donors (Lipinski definition) is 0. The summed E-state index contributed by atoms with van der Waals surface area (Å²) in [7, 11) is 1.72. The summed E-state index contributed by atoms with van der Waals surface area (Å²) in [4.78, 5) is 0. The highest BCUT2D eigenvalue weighted by Crippen LogP contribution is 2.23. The highest BCUT2D eigenvalue weighted by Gasteiger charge is 2.33. The van der Waals surface area contributed by atoms with Gasteiger partial charge in [-0.25, -0.2) is 0 Å². The molecule has 1 aliphatic rings. The Balaban J connectivity index is 2.09. The first-order chi connectivity index (χ1) is 7.07. The van der Waals surface area contributed by atoms with Crippen LogP contribution in [0.25, 0.3) is 0 Å². The van der Waals surface area contributed by atoms with Crippen molar-refractivity contribution >= 4 is 19.9 Å². The van der Waals surface area contributed by atoms with Crippen LogP contribution >= 0.6 is 10.7 Å². The third kappa shape index (κ3) is 2.47. The van der Waals surface area contributed by atoms with Crippen LogP contribution in [0.5, 0.6) is 0 Å². The minimum absolute atomic E-state index is 0.103. The summed E-state index contributed by atoms with van der Waals surface area (Å²) in [5.74, 6) is 0. The Morgan fingerprint density at radius 2 is 2.33 bits per heavy atom. The summed E-state index contributed by atoms with van der Waals surface area (Å²) >= 11 is 0. The Morgan fingerprint density at radius 3 is 2.93 bits per heavy atom. The van der Waals surface area contributed by atoms with Gasteiger partial charge in [-0.05, 0) is 12.8 Å². The first-order valence-electron chi connectivity index (χ1n) is 4.63. The van der Waals surface area contributed by atoms with Crippen molar-refractivity contribution in [3.63, 3.8) is 0 Å². The predicted molar refractivity (Wildman–Crippen MR) is 54.5 cm³/mol. The van der Waals surface area contributed by atoms with E-state index in [1.807, 2.05) is 0 Å². The summed E-state index contributed by atoms with van der Waals surface area (Å²) < 4.78 is 25.4. The minimum atomic E-state index is -3.61. The van der Waals surface area contributed by atoms with Crippen molar-refractivity contribution in [2.45, 2.75) is 25.4 Å². The molecule has 0 N–H and O–H groups in total. The highest BCUT2D eigenvalue weighted by atomic mass is 35.7. The van der Waals surface area contributed by atoms with Crippen LogP contribution in [0.4, 0.5) is 0 Å². The molecule has 2 rings (SSSR count). The molecule has 0 spiro atoms. The number of aromatic nitrogens is 3. The Morgan fingerprint density at radius 1 is 1.53 bits per heavy atom. The van der Waals surface area contributed by atoms with E-state index in [-0.39, 0.29) is 6.04 Å². The smallest absolute Gasteiger partial charge is 0.251 e. The second-order valence-corrected chi connectivity index (χ2v) is 5.94. The summed E-state index contributed by atoms with van der Waals surface area (Å²) in [5.41, 5.74) is 0. The van der Waals surface area contributed by atoms with E-state index >= 15 is 0 Å². The Hall–Kier alpha value is -0.660. The molecule has 0 aromatic carbocycles. The lowest BCUT2D eigenvalue weighted by molar-refractivity contribution is 0.344. The average molecular weight is 251 g/mol. The Kier molecular flexibility index (Phi) is 2.94. The van der Waals surface area contributed by atoms with Crippen molar-refractivity contribution in [3.8, 4) is 0 Å². The number of rotatable bonds is 3. The first-order valence-corrected chi connectivity index (χ1v) is 6.89. The van der Waals surface area contributed by atoms with Crippen LogP contribution in [0.1, 0.15) is 12.8 Å². The molecule has 6 nitrogen and oxygen atoms in total. The number of nitrogens with zero attached hydrogens (tertiary/aromatic N) is 4. The number of halogens is 1. The molecule has 0 aliphatic carbocycles. The van der Waals surface area contributed by atoms with E-state index in [1.54, 1.807) is 17.1 Å². The van der Waals surface area contributed by atoms with Crippen LogP contribution in [0, 0.1) is 0 Å². The van der Waals surface area contributed by atoms with Gasteiger partial charge in [0.05, 0.1) is 12.7 Å². The Bertz CT molecular complexity index is 418. The van der Waals surface area contributed by atoms with Crippen LogP contribution in [0.2, 0.25) is 0 Å². The normalized spacial score (nSPS) is 23.4. The zero-order valence-corrected chi connectivity index (χ0v) is 9.52. The summed E-state index contributed by atoms with van der Waals surface area (Å²) in [6.07, 6.45) is 4.92. The van der Waals surface area contributed by atoms with Crippen LogP contribution in [-0.2, 0) is 15.8 Å². The molecule has 0 radical (unpaired) electrons. The van der Waals surface area contributed by atoms with Crippen LogP contribution in [0.3, 0.4) is 0 Å². The molecule has 15 heavy (non-hydrogen) atoms. The molecule has 0 saturated carbocycles. The van der Waals surface area contributed by atoms with Crippen LogP contribution < -0.4 is 0 Å². The molecule has 1 saturated heterocycles. The van der Waals surface area contributed by atoms with Gasteiger partial charge >= 0.3 is 0 Å². The topological polar surface area (TPSA) is 68.1 Å². The van der Waals surface area contributed by atoms with Crippen molar-refractivity contribution in [2.24, 2.45) is 0 Å². The zero-order valence-electron chi connectivity index (χ0n) is 7.95. The molecular formula is C7H11ClN4O2S. The molecule has 1 aromatic rings. The fourth-order valence-electron chi connectivity index (χ4n) is 1.82. The maximum atomic E-state index is 11.2. The molecular weight excluding hydrogens is 240 g/mol. The third-order valence-corrected chi connectivity index (χ3v) is 4.05. The molecule has 84 valence electrons. The molecule has 1 aromatic heterocycles. The summed E-state index contributed by atoms with van der Waals surface area (Å²) in [6, 6.07) is -0.103. The van der Waals surface area contributed by atoms with Gasteiger partial charge in [0.2, 0.25) is 0 Å². The second kappa shape index (κ2) is 4.07. The monoisotopic (exact) mass is 250 g/mol. The van der Waals surface area contributed by atoms with Gasteiger partial charge < -0.3 is 0 Å². The van der Waals surface area contributed by atoms with Gasteiger partial charge in [-0.2, -0.15) is 12.7 Å². The van der Waals surface area contributed by atoms with Crippen molar-refractivity contribution in [1.29, 1.82) is 0 Å². The lowest BCUT2D eigenvalue weighted by Crippen LogP contribution is -2.35. The molecule has 0 bridgehead atoms. The van der Waals surface area contributed by atoms with Gasteiger partial charge in [0.15, 0.2) is 0 Å². The maximum Gasteiger partial charge on any atom is 0.300 e. The van der Waals surface area contributed by atoms with E-state index in [0.717, 1.165) is 12.8 Å². The fourth-order valence-corrected chi connectivity index (χ4v) is 3.25. The third-order valence-electron chi connectivity index (χ3n) is 2.47. The SMILES string of the molecule is O=S(=O)(Cl)N1CCC[C@H]1Cn1ccnn1. The molecule has 8 heteroatoms. The molecule has 1 atom stereocenters. The van der Waals surface area contributed by atoms with E-state index in [0.29, 0.717) is 13.1 Å². The van der Waals surface area contributed by atoms with Crippen molar-refractivity contribution in [3.05, 3.63) is 12.4 Å². The van der Waals surface area contributed by atoms with E-state index in [1.165, 1.54) is 4.31 Å². The van der Waals surface area contributed by atoms with Crippen LogP contribution in [0.15, 0.2) is 12.4 Å². The molecule has 0 amide bonds. The van der Waals surface area contributed by atoms with E-state index in [9.17, 15) is 8.42 Å². The maximum absolute atomic E-state index is 11.2. The molecule has 1 aliphatic heterocycles. The largest absolute Gasteiger partial charge is 0.300 e. The second-order valence-electron chi connectivity index (χ2n) is 3.47. The minimum Gasteiger partial charge on any atom is -0.251 e. The van der Waals surface area contributed by atoms with E-state index < -0.39 is 9.24 Å². The molecule has 1 fully saturated rings. The lowest BCUT2D eigenvalue weighted by atomic mass is 10.2. The molecule has 0 unspecified atom stereocenters. The van der Waals surface area contributed by atoms with Gasteiger partial charge in [-0.15, -0.1) is 5.10 Å². The van der Waals surface area contributed by atoms with E-state index in [2.05, 4.69) is 10.3 Å². The van der Waals surface area contributed by atoms with Crippen molar-refractivity contribution in [2.75, 3.05) is 6.54 Å². The van der Waals surface area contributed by atoms with Gasteiger partial charge in [0.1, 0.15) is 0 Å². The van der Waals surface area contributed by atoms with Crippen molar-refractivity contribution in [1.82, 2.24) is 19.3 Å². The van der Waals surface area contributed by atoms with Gasteiger partial charge in [-0.1, -0.05) is 5.21 Å². The van der Waals surface area contributed by atoms with Gasteiger partial charge in [0, 0.05) is 29.5 Å². The quantitative estimate of drug-likeness (QED) is 0.720. The fraction of sp³-hybridized carbons (Fsp3) is 0.714. The van der Waals surface area contributed by atoms with Gasteiger partial charge in [0.25, 0.3) is 9.24 Å². The lowest BCUT2D eigenvalue weighted by Gasteiger charge is -2.19. The van der Waals surface area contributed by atoms with Crippen LogP contribution in [-0.4, -0.2) is 40.3 Å². The predicted octanol–water partition coefficient (Wildman–Crippen LogP) is 0.226.